The molecule has 0 saturated heterocycles. The third-order valence-electron chi connectivity index (χ3n) is 3.01. The van der Waals surface area contributed by atoms with Gasteiger partial charge in [-0.15, -0.1) is 0 Å². The van der Waals surface area contributed by atoms with E-state index < -0.39 is 11.5 Å². The van der Waals surface area contributed by atoms with Crippen LogP contribution in [0.1, 0.15) is 40.2 Å². The van der Waals surface area contributed by atoms with E-state index >= 15 is 0 Å². The van der Waals surface area contributed by atoms with Crippen molar-refractivity contribution in [3.63, 3.8) is 0 Å². The molecule has 1 aromatic heterocycles. The maximum Gasteiger partial charge on any atom is 0.242 e. The Bertz CT molecular complexity index is 524. The lowest BCUT2D eigenvalue weighted by molar-refractivity contribution is -0.133. The van der Waals surface area contributed by atoms with Crippen LogP contribution in [0.5, 0.6) is 5.88 Å². The molecular weight excluding hydrogens is 282 g/mol. The van der Waals surface area contributed by atoms with Gasteiger partial charge in [-0.25, -0.2) is 4.98 Å². The normalized spacial score (nSPS) is 12.4. The molecule has 2 amide bonds. The van der Waals surface area contributed by atoms with Crippen LogP contribution in [0.4, 0.5) is 0 Å². The van der Waals surface area contributed by atoms with Crippen molar-refractivity contribution in [2.45, 2.75) is 47.2 Å². The molecule has 0 fully saturated rings. The lowest BCUT2D eigenvalue weighted by Crippen LogP contribution is -2.48. The number of rotatable bonds is 6. The van der Waals surface area contributed by atoms with Crippen LogP contribution in [-0.4, -0.2) is 29.4 Å². The largest absolute Gasteiger partial charge is 0.478 e. The summed E-state index contributed by atoms with van der Waals surface area (Å²) in [6, 6.07) is 3.03. The third kappa shape index (κ3) is 5.35. The number of nitrogens with one attached hydrogen (secondary N) is 2. The van der Waals surface area contributed by atoms with Gasteiger partial charge in [0.05, 0.1) is 6.61 Å². The number of pyridine rings is 1. The van der Waals surface area contributed by atoms with Gasteiger partial charge in [-0.3, -0.25) is 9.59 Å². The van der Waals surface area contributed by atoms with Crippen LogP contribution >= 0.6 is 0 Å². The predicted molar refractivity (Wildman–Crippen MR) is 84.3 cm³/mol. The summed E-state index contributed by atoms with van der Waals surface area (Å²) in [4.78, 5) is 28.1. The van der Waals surface area contributed by atoms with Gasteiger partial charge in [0.15, 0.2) is 0 Å². The molecule has 0 saturated carbocycles. The Hall–Kier alpha value is -2.11. The van der Waals surface area contributed by atoms with Gasteiger partial charge in [0.25, 0.3) is 0 Å². The van der Waals surface area contributed by atoms with Gasteiger partial charge >= 0.3 is 0 Å². The molecule has 0 bridgehead atoms. The van der Waals surface area contributed by atoms with Gasteiger partial charge < -0.3 is 15.4 Å². The van der Waals surface area contributed by atoms with Crippen molar-refractivity contribution in [2.75, 3.05) is 6.61 Å². The van der Waals surface area contributed by atoms with E-state index in [-0.39, 0.29) is 11.8 Å². The summed E-state index contributed by atoms with van der Waals surface area (Å²) in [6.07, 6.45) is 1.64. The number of hydrogen-bond acceptors (Lipinski definition) is 4. The number of nitrogens with zero attached hydrogens (tertiary/aromatic N) is 1. The standard InChI is InChI=1S/C16H25N3O3/c1-6-22-14-12(8-7-9-17-14)10-18-13(20)11(2)19-15(21)16(3,4)5/h7-9,11H,6,10H2,1-5H3,(H,18,20)(H,19,21). The molecule has 1 heterocycles. The number of amides is 2. The van der Waals surface area contributed by atoms with Crippen molar-refractivity contribution in [3.05, 3.63) is 23.9 Å². The van der Waals surface area contributed by atoms with E-state index in [2.05, 4.69) is 15.6 Å². The molecule has 22 heavy (non-hydrogen) atoms. The summed E-state index contributed by atoms with van der Waals surface area (Å²) < 4.78 is 5.41. The smallest absolute Gasteiger partial charge is 0.242 e. The highest BCUT2D eigenvalue weighted by Gasteiger charge is 2.25. The molecule has 6 heteroatoms. The van der Waals surface area contributed by atoms with E-state index in [9.17, 15) is 9.59 Å². The third-order valence-corrected chi connectivity index (χ3v) is 3.01. The minimum absolute atomic E-state index is 0.161. The monoisotopic (exact) mass is 307 g/mol. The van der Waals surface area contributed by atoms with Crippen molar-refractivity contribution in [1.82, 2.24) is 15.6 Å². The minimum Gasteiger partial charge on any atom is -0.478 e. The van der Waals surface area contributed by atoms with E-state index in [1.54, 1.807) is 40.0 Å². The number of carbonyl (C=O) groups excluding carboxylic acids is 2. The summed E-state index contributed by atoms with van der Waals surface area (Å²) in [7, 11) is 0. The van der Waals surface area contributed by atoms with Crippen LogP contribution in [-0.2, 0) is 16.1 Å². The zero-order chi connectivity index (χ0) is 16.8. The van der Waals surface area contributed by atoms with Gasteiger partial charge in [0.2, 0.25) is 17.7 Å². The molecule has 122 valence electrons. The Morgan fingerprint density at radius 3 is 2.64 bits per heavy atom. The first-order valence-electron chi connectivity index (χ1n) is 7.41. The Kier molecular flexibility index (Phi) is 6.34. The zero-order valence-electron chi connectivity index (χ0n) is 13.9. The molecule has 0 aliphatic carbocycles. The van der Waals surface area contributed by atoms with Gasteiger partial charge in [-0.1, -0.05) is 26.8 Å². The van der Waals surface area contributed by atoms with Crippen molar-refractivity contribution in [2.24, 2.45) is 5.41 Å². The summed E-state index contributed by atoms with van der Waals surface area (Å²) in [6.45, 7) is 9.76. The quantitative estimate of drug-likeness (QED) is 0.837. The second kappa shape index (κ2) is 7.77. The average molecular weight is 307 g/mol. The molecule has 0 spiro atoms. The number of carbonyl (C=O) groups is 2. The van der Waals surface area contributed by atoms with Crippen molar-refractivity contribution < 1.29 is 14.3 Å². The first-order valence-corrected chi connectivity index (χ1v) is 7.41. The number of hydrogen-bond donors (Lipinski definition) is 2. The van der Waals surface area contributed by atoms with Crippen molar-refractivity contribution in [3.8, 4) is 5.88 Å². The van der Waals surface area contributed by atoms with Crippen molar-refractivity contribution >= 4 is 11.8 Å². The Morgan fingerprint density at radius 2 is 2.05 bits per heavy atom. The molecule has 0 radical (unpaired) electrons. The molecule has 0 aliphatic heterocycles. The highest BCUT2D eigenvalue weighted by Crippen LogP contribution is 2.14. The summed E-state index contributed by atoms with van der Waals surface area (Å²) in [5, 5.41) is 5.48. The average Bonchev–Trinajstić information content (AvgIpc) is 2.45. The Labute approximate surface area is 131 Å². The van der Waals surface area contributed by atoms with E-state index in [1.807, 2.05) is 13.0 Å². The van der Waals surface area contributed by atoms with Crippen LogP contribution in [0, 0.1) is 5.41 Å². The molecule has 6 nitrogen and oxygen atoms in total. The summed E-state index contributed by atoms with van der Waals surface area (Å²) in [5.74, 6) is 0.104. The second-order valence-corrected chi connectivity index (χ2v) is 6.06. The van der Waals surface area contributed by atoms with Crippen LogP contribution in [0.3, 0.4) is 0 Å². The zero-order valence-corrected chi connectivity index (χ0v) is 13.9. The fraction of sp³-hybridized carbons (Fsp3) is 0.562. The first kappa shape index (κ1) is 17.9. The maximum atomic E-state index is 12.1. The maximum absolute atomic E-state index is 12.1. The number of ether oxygens (including phenoxy) is 1. The topological polar surface area (TPSA) is 80.3 Å². The highest BCUT2D eigenvalue weighted by atomic mass is 16.5. The molecule has 0 aliphatic rings. The molecule has 1 unspecified atom stereocenters. The second-order valence-electron chi connectivity index (χ2n) is 6.06. The van der Waals surface area contributed by atoms with Crippen molar-refractivity contribution in [1.29, 1.82) is 0 Å². The lowest BCUT2D eigenvalue weighted by Gasteiger charge is -2.21. The Morgan fingerprint density at radius 1 is 1.36 bits per heavy atom. The van der Waals surface area contributed by atoms with Gasteiger partial charge in [0, 0.05) is 23.7 Å². The van der Waals surface area contributed by atoms with Crippen LogP contribution in [0.25, 0.3) is 0 Å². The molecule has 0 aromatic carbocycles. The van der Waals surface area contributed by atoms with Crippen LogP contribution in [0.15, 0.2) is 18.3 Å². The minimum atomic E-state index is -0.598. The fourth-order valence-corrected chi connectivity index (χ4v) is 1.64. The van der Waals surface area contributed by atoms with Gasteiger partial charge in [-0.2, -0.15) is 0 Å². The van der Waals surface area contributed by atoms with E-state index in [4.69, 9.17) is 4.74 Å². The van der Waals surface area contributed by atoms with Gasteiger partial charge in [-0.05, 0) is 19.9 Å². The van der Waals surface area contributed by atoms with Crippen LogP contribution < -0.4 is 15.4 Å². The number of aromatic nitrogens is 1. The van der Waals surface area contributed by atoms with Crippen LogP contribution in [0.2, 0.25) is 0 Å². The molecule has 1 aromatic rings. The molecule has 1 atom stereocenters. The Balaban J connectivity index is 2.57. The fourth-order valence-electron chi connectivity index (χ4n) is 1.64. The highest BCUT2D eigenvalue weighted by molar-refractivity contribution is 5.89. The SMILES string of the molecule is CCOc1ncccc1CNC(=O)C(C)NC(=O)C(C)(C)C. The molecule has 1 rings (SSSR count). The summed E-state index contributed by atoms with van der Waals surface area (Å²) >= 11 is 0. The van der Waals surface area contributed by atoms with E-state index in [1.165, 1.54) is 0 Å². The predicted octanol–water partition coefficient (Wildman–Crippen LogP) is 1.65. The lowest BCUT2D eigenvalue weighted by atomic mass is 9.95. The molecule has 2 N–H and O–H groups in total. The van der Waals surface area contributed by atoms with E-state index in [0.29, 0.717) is 19.0 Å². The first-order chi connectivity index (χ1) is 10.3. The van der Waals surface area contributed by atoms with Gasteiger partial charge in [0.1, 0.15) is 6.04 Å². The summed E-state index contributed by atoms with van der Waals surface area (Å²) in [5.41, 5.74) is 0.270. The van der Waals surface area contributed by atoms with E-state index in [0.717, 1.165) is 5.56 Å². The molecular formula is C16H25N3O3.